The van der Waals surface area contributed by atoms with Crippen molar-refractivity contribution < 1.29 is 23.9 Å². The molecule has 0 saturated heterocycles. The number of ether oxygens (including phenoxy) is 2. The molecule has 28 heavy (non-hydrogen) atoms. The molecule has 7 atom stereocenters. The second-order valence-corrected chi connectivity index (χ2v) is 9.92. The summed E-state index contributed by atoms with van der Waals surface area (Å²) in [6.07, 6.45) is 8.02. The summed E-state index contributed by atoms with van der Waals surface area (Å²) in [5.74, 6) is 0.419. The first-order valence-corrected chi connectivity index (χ1v) is 10.7. The zero-order chi connectivity index (χ0) is 20.3. The van der Waals surface area contributed by atoms with E-state index in [0.29, 0.717) is 12.3 Å². The summed E-state index contributed by atoms with van der Waals surface area (Å²) in [4.78, 5) is 36.2. The van der Waals surface area contributed by atoms with Gasteiger partial charge in [-0.15, -0.1) is 0 Å². The third-order valence-electron chi connectivity index (χ3n) is 8.45. The van der Waals surface area contributed by atoms with Crippen LogP contribution < -0.4 is 0 Å². The number of ketones is 1. The van der Waals surface area contributed by atoms with Gasteiger partial charge in [0, 0.05) is 31.6 Å². The van der Waals surface area contributed by atoms with Crippen molar-refractivity contribution in [3.05, 3.63) is 11.6 Å². The summed E-state index contributed by atoms with van der Waals surface area (Å²) in [7, 11) is 0. The molecule has 4 rings (SSSR count). The molecule has 0 radical (unpaired) electrons. The summed E-state index contributed by atoms with van der Waals surface area (Å²) < 4.78 is 11.1. The van der Waals surface area contributed by atoms with Gasteiger partial charge in [-0.3, -0.25) is 14.4 Å². The van der Waals surface area contributed by atoms with Crippen molar-refractivity contribution in [3.8, 4) is 0 Å². The van der Waals surface area contributed by atoms with Crippen molar-refractivity contribution >= 4 is 17.7 Å². The minimum Gasteiger partial charge on any atom is -0.462 e. The summed E-state index contributed by atoms with van der Waals surface area (Å²) in [6.45, 7) is 7.46. The monoisotopic (exact) mass is 388 g/mol. The van der Waals surface area contributed by atoms with Gasteiger partial charge in [-0.05, 0) is 61.9 Å². The van der Waals surface area contributed by atoms with Crippen molar-refractivity contribution in [2.45, 2.75) is 84.8 Å². The molecule has 0 aromatic carbocycles. The zero-order valence-corrected chi connectivity index (χ0v) is 17.5. The van der Waals surface area contributed by atoms with Crippen LogP contribution in [-0.4, -0.2) is 29.9 Å². The Labute approximate surface area is 167 Å². The lowest BCUT2D eigenvalue weighted by Gasteiger charge is -2.56. The minimum absolute atomic E-state index is 0.01000. The van der Waals surface area contributed by atoms with Crippen molar-refractivity contribution in [1.29, 1.82) is 0 Å². The SMILES string of the molecule is CC(=O)OC1CCC2(C)C(=CC(=O)C3C2CC[C@]2(C)C(OC(C)=O)CCC32)C1. The van der Waals surface area contributed by atoms with E-state index in [4.69, 9.17) is 9.47 Å². The van der Waals surface area contributed by atoms with Crippen LogP contribution in [0.1, 0.15) is 72.6 Å². The van der Waals surface area contributed by atoms with Crippen molar-refractivity contribution in [1.82, 2.24) is 0 Å². The highest BCUT2D eigenvalue weighted by Gasteiger charge is 2.61. The molecule has 3 fully saturated rings. The second-order valence-electron chi connectivity index (χ2n) is 9.92. The topological polar surface area (TPSA) is 69.7 Å². The molecule has 4 aliphatic rings. The van der Waals surface area contributed by atoms with Gasteiger partial charge in [0.25, 0.3) is 0 Å². The van der Waals surface area contributed by atoms with Gasteiger partial charge in [-0.2, -0.15) is 0 Å². The maximum atomic E-state index is 13.3. The van der Waals surface area contributed by atoms with Crippen molar-refractivity contribution in [3.63, 3.8) is 0 Å². The molecule has 0 amide bonds. The Morgan fingerprint density at radius 2 is 1.68 bits per heavy atom. The Balaban J connectivity index is 1.62. The average molecular weight is 389 g/mol. The molecule has 5 heteroatoms. The summed E-state index contributed by atoms with van der Waals surface area (Å²) in [6, 6.07) is 0. The fourth-order valence-electron chi connectivity index (χ4n) is 7.05. The number of allylic oxidation sites excluding steroid dienone is 1. The maximum absolute atomic E-state index is 13.3. The van der Waals surface area contributed by atoms with Crippen LogP contribution in [0.25, 0.3) is 0 Å². The quantitative estimate of drug-likeness (QED) is 0.669. The number of carbonyl (C=O) groups excluding carboxylic acids is 3. The molecule has 0 aromatic rings. The summed E-state index contributed by atoms with van der Waals surface area (Å²) in [5.41, 5.74) is 1.09. The lowest BCUT2D eigenvalue weighted by atomic mass is 9.47. The first-order chi connectivity index (χ1) is 13.1. The lowest BCUT2D eigenvalue weighted by molar-refractivity contribution is -0.158. The maximum Gasteiger partial charge on any atom is 0.302 e. The van der Waals surface area contributed by atoms with E-state index >= 15 is 0 Å². The van der Waals surface area contributed by atoms with Crippen LogP contribution in [0.4, 0.5) is 0 Å². The first kappa shape index (κ1) is 19.7. The van der Waals surface area contributed by atoms with Gasteiger partial charge in [0.05, 0.1) is 0 Å². The van der Waals surface area contributed by atoms with E-state index in [-0.39, 0.29) is 52.6 Å². The number of hydrogen-bond acceptors (Lipinski definition) is 5. The highest BCUT2D eigenvalue weighted by molar-refractivity contribution is 5.94. The second kappa shape index (κ2) is 6.70. The molecule has 5 nitrogen and oxygen atoms in total. The highest BCUT2D eigenvalue weighted by Crippen LogP contribution is 2.64. The van der Waals surface area contributed by atoms with Crippen LogP contribution in [0.5, 0.6) is 0 Å². The van der Waals surface area contributed by atoms with Crippen molar-refractivity contribution in [2.24, 2.45) is 28.6 Å². The van der Waals surface area contributed by atoms with E-state index in [0.717, 1.165) is 38.5 Å². The van der Waals surface area contributed by atoms with Gasteiger partial charge in [0.1, 0.15) is 12.2 Å². The zero-order valence-electron chi connectivity index (χ0n) is 17.5. The number of hydrogen-bond donors (Lipinski definition) is 0. The first-order valence-electron chi connectivity index (χ1n) is 10.7. The van der Waals surface area contributed by atoms with E-state index in [1.54, 1.807) is 0 Å². The van der Waals surface area contributed by atoms with Gasteiger partial charge in [-0.25, -0.2) is 0 Å². The largest absolute Gasteiger partial charge is 0.462 e. The number of esters is 2. The van der Waals surface area contributed by atoms with Gasteiger partial charge in [0.2, 0.25) is 0 Å². The molecule has 0 N–H and O–H groups in total. The van der Waals surface area contributed by atoms with Gasteiger partial charge in [-0.1, -0.05) is 19.4 Å². The molecular weight excluding hydrogens is 356 g/mol. The van der Waals surface area contributed by atoms with E-state index < -0.39 is 0 Å². The molecule has 0 spiro atoms. The molecule has 0 bridgehead atoms. The van der Waals surface area contributed by atoms with Crippen LogP contribution >= 0.6 is 0 Å². The van der Waals surface area contributed by atoms with E-state index in [1.165, 1.54) is 19.4 Å². The Morgan fingerprint density at radius 3 is 2.36 bits per heavy atom. The Morgan fingerprint density at radius 1 is 0.964 bits per heavy atom. The minimum atomic E-state index is -0.245. The van der Waals surface area contributed by atoms with Crippen LogP contribution in [0.3, 0.4) is 0 Å². The molecule has 0 aliphatic heterocycles. The van der Waals surface area contributed by atoms with E-state index in [2.05, 4.69) is 13.8 Å². The van der Waals surface area contributed by atoms with Crippen LogP contribution in [0.2, 0.25) is 0 Å². The third-order valence-corrected chi connectivity index (χ3v) is 8.45. The Hall–Kier alpha value is -1.65. The standard InChI is InChI=1S/C23H32O5/c1-13(24)27-16-7-9-22(3)15(11-16)12-19(26)21-17-5-6-20(28-14(2)25)23(17,4)10-8-18(21)22/h12,16-18,20-21H,5-11H2,1-4H3/t16?,17?,18?,20?,21?,22?,23-/m0/s1. The highest BCUT2D eigenvalue weighted by atomic mass is 16.5. The molecule has 4 aliphatic carbocycles. The number of carbonyl (C=O) groups is 3. The predicted octanol–water partition coefficient (Wildman–Crippen LogP) is 3.99. The molecule has 6 unspecified atom stereocenters. The Kier molecular flexibility index (Phi) is 4.71. The van der Waals surface area contributed by atoms with Gasteiger partial charge >= 0.3 is 11.9 Å². The summed E-state index contributed by atoms with van der Waals surface area (Å²) >= 11 is 0. The molecule has 0 aromatic heterocycles. The van der Waals surface area contributed by atoms with Crippen molar-refractivity contribution in [2.75, 3.05) is 0 Å². The van der Waals surface area contributed by atoms with E-state index in [1.807, 2.05) is 6.08 Å². The third kappa shape index (κ3) is 2.93. The lowest BCUT2D eigenvalue weighted by Crippen LogP contribution is -2.54. The van der Waals surface area contributed by atoms with Crippen LogP contribution in [0.15, 0.2) is 11.6 Å². The number of rotatable bonds is 2. The number of fused-ring (bicyclic) bond motifs is 5. The van der Waals surface area contributed by atoms with Crippen LogP contribution in [-0.2, 0) is 23.9 Å². The van der Waals surface area contributed by atoms with Crippen LogP contribution in [0, 0.1) is 28.6 Å². The fourth-order valence-corrected chi connectivity index (χ4v) is 7.05. The summed E-state index contributed by atoms with van der Waals surface area (Å²) in [5, 5.41) is 0. The fraction of sp³-hybridized carbons (Fsp3) is 0.783. The molecule has 154 valence electrons. The molecule has 0 heterocycles. The van der Waals surface area contributed by atoms with Gasteiger partial charge < -0.3 is 9.47 Å². The smallest absolute Gasteiger partial charge is 0.302 e. The van der Waals surface area contributed by atoms with E-state index in [9.17, 15) is 14.4 Å². The molecular formula is C23H32O5. The average Bonchev–Trinajstić information content (AvgIpc) is 2.92. The van der Waals surface area contributed by atoms with Gasteiger partial charge in [0.15, 0.2) is 5.78 Å². The molecule has 3 saturated carbocycles. The Bertz CT molecular complexity index is 739. The normalized spacial score (nSPS) is 44.6. The predicted molar refractivity (Wildman–Crippen MR) is 103 cm³/mol.